The van der Waals surface area contributed by atoms with Gasteiger partial charge in [0.2, 0.25) is 5.95 Å². The predicted molar refractivity (Wildman–Crippen MR) is 102 cm³/mol. The molecule has 132 valence electrons. The first-order chi connectivity index (χ1) is 12.6. The Hall–Kier alpha value is -3.61. The molecule has 0 bridgehead atoms. The summed E-state index contributed by atoms with van der Waals surface area (Å²) in [7, 11) is 0. The number of H-pyrrole nitrogens is 1. The highest BCUT2D eigenvalue weighted by Crippen LogP contribution is 2.22. The average molecular weight is 349 g/mol. The van der Waals surface area contributed by atoms with Crippen molar-refractivity contribution in [3.8, 4) is 11.5 Å². The van der Waals surface area contributed by atoms with Crippen LogP contribution in [0.1, 0.15) is 12.6 Å². The van der Waals surface area contributed by atoms with E-state index in [1.807, 2.05) is 37.3 Å². The summed E-state index contributed by atoms with van der Waals surface area (Å²) < 4.78 is 5.73. The van der Waals surface area contributed by atoms with Crippen LogP contribution >= 0.6 is 0 Å². The summed E-state index contributed by atoms with van der Waals surface area (Å²) in [6.45, 7) is 1.93. The summed E-state index contributed by atoms with van der Waals surface area (Å²) in [5, 5.41) is 13.6. The fourth-order valence-electron chi connectivity index (χ4n) is 2.28. The van der Waals surface area contributed by atoms with Gasteiger partial charge in [0.25, 0.3) is 5.56 Å². The monoisotopic (exact) mass is 349 g/mol. The van der Waals surface area contributed by atoms with Crippen molar-refractivity contribution < 1.29 is 4.74 Å². The van der Waals surface area contributed by atoms with Crippen molar-refractivity contribution in [1.82, 2.24) is 9.97 Å². The number of nitrogens with zero attached hydrogens (tertiary/aromatic N) is 1. The fourth-order valence-corrected chi connectivity index (χ4v) is 2.28. The Morgan fingerprint density at radius 2 is 1.77 bits per heavy atom. The van der Waals surface area contributed by atoms with Crippen LogP contribution in [0.3, 0.4) is 0 Å². The molecule has 3 aromatic rings. The number of guanidine groups is 1. The van der Waals surface area contributed by atoms with Crippen molar-refractivity contribution in [2.24, 2.45) is 0 Å². The second-order valence-corrected chi connectivity index (χ2v) is 5.51. The lowest BCUT2D eigenvalue weighted by molar-refractivity contribution is 0.483. The minimum absolute atomic E-state index is 0.00173. The molecular formula is C19H19N5O2. The topological polar surface area (TPSA) is 103 Å². The molecule has 0 saturated heterocycles. The summed E-state index contributed by atoms with van der Waals surface area (Å²) in [5.41, 5.74) is 1.11. The van der Waals surface area contributed by atoms with Crippen LogP contribution in [0.15, 0.2) is 65.5 Å². The lowest BCUT2D eigenvalue weighted by Gasteiger charge is -2.11. The van der Waals surface area contributed by atoms with Gasteiger partial charge in [0.05, 0.1) is 0 Å². The van der Waals surface area contributed by atoms with E-state index in [-0.39, 0.29) is 17.5 Å². The van der Waals surface area contributed by atoms with Gasteiger partial charge in [0, 0.05) is 17.4 Å². The molecule has 0 radical (unpaired) electrons. The Kier molecular flexibility index (Phi) is 5.28. The van der Waals surface area contributed by atoms with E-state index >= 15 is 0 Å². The summed E-state index contributed by atoms with van der Waals surface area (Å²) in [6.07, 6.45) is 0.677. The number of ether oxygens (including phenoxy) is 1. The van der Waals surface area contributed by atoms with Gasteiger partial charge in [-0.1, -0.05) is 25.1 Å². The maximum atomic E-state index is 11.5. The highest BCUT2D eigenvalue weighted by Gasteiger charge is 2.04. The molecule has 0 aliphatic carbocycles. The van der Waals surface area contributed by atoms with Gasteiger partial charge in [-0.2, -0.15) is 4.98 Å². The van der Waals surface area contributed by atoms with E-state index in [0.29, 0.717) is 17.9 Å². The number of hydrogen-bond acceptors (Lipinski definition) is 4. The molecule has 0 fully saturated rings. The molecule has 0 unspecified atom stereocenters. The van der Waals surface area contributed by atoms with Crippen molar-refractivity contribution in [1.29, 1.82) is 5.41 Å². The SMILES string of the molecule is CCc1cc(=O)nc(NC(=N)Nc2ccc(Oc3ccccc3)cc2)[nH]1. The zero-order valence-corrected chi connectivity index (χ0v) is 14.2. The molecule has 0 saturated carbocycles. The number of aromatic nitrogens is 2. The van der Waals surface area contributed by atoms with Gasteiger partial charge < -0.3 is 15.0 Å². The molecule has 7 nitrogen and oxygen atoms in total. The third kappa shape index (κ3) is 4.70. The van der Waals surface area contributed by atoms with E-state index in [2.05, 4.69) is 20.6 Å². The Morgan fingerprint density at radius 1 is 1.08 bits per heavy atom. The van der Waals surface area contributed by atoms with E-state index in [9.17, 15) is 4.79 Å². The average Bonchev–Trinajstić information content (AvgIpc) is 2.63. The van der Waals surface area contributed by atoms with Gasteiger partial charge in [-0.25, -0.2) is 0 Å². The van der Waals surface area contributed by atoms with Gasteiger partial charge in [-0.05, 0) is 42.8 Å². The zero-order valence-electron chi connectivity index (χ0n) is 14.2. The molecule has 1 heterocycles. The van der Waals surface area contributed by atoms with Crippen LogP contribution in [0.25, 0.3) is 0 Å². The van der Waals surface area contributed by atoms with Crippen molar-refractivity contribution >= 4 is 17.6 Å². The molecule has 3 rings (SSSR count). The van der Waals surface area contributed by atoms with Crippen molar-refractivity contribution in [2.45, 2.75) is 13.3 Å². The number of benzene rings is 2. The molecule has 0 aliphatic rings. The van der Waals surface area contributed by atoms with Crippen molar-refractivity contribution in [2.75, 3.05) is 10.6 Å². The number of anilines is 2. The molecule has 26 heavy (non-hydrogen) atoms. The van der Waals surface area contributed by atoms with Gasteiger partial charge in [-0.3, -0.25) is 15.5 Å². The maximum Gasteiger partial charge on any atom is 0.274 e. The highest BCUT2D eigenvalue weighted by atomic mass is 16.5. The summed E-state index contributed by atoms with van der Waals surface area (Å²) in [4.78, 5) is 18.3. The second-order valence-electron chi connectivity index (χ2n) is 5.51. The third-order valence-corrected chi connectivity index (χ3v) is 3.53. The summed E-state index contributed by atoms with van der Waals surface area (Å²) in [6, 6.07) is 18.1. The first kappa shape index (κ1) is 17.2. The number of rotatable bonds is 5. The van der Waals surface area contributed by atoms with Crippen LogP contribution in [-0.4, -0.2) is 15.9 Å². The van der Waals surface area contributed by atoms with Gasteiger partial charge in [0.15, 0.2) is 5.96 Å². The van der Waals surface area contributed by atoms with E-state index in [1.54, 1.807) is 24.3 Å². The van der Waals surface area contributed by atoms with E-state index < -0.39 is 0 Å². The smallest absolute Gasteiger partial charge is 0.274 e. The minimum Gasteiger partial charge on any atom is -0.457 e. The van der Waals surface area contributed by atoms with Crippen LogP contribution in [-0.2, 0) is 6.42 Å². The lowest BCUT2D eigenvalue weighted by Crippen LogP contribution is -2.24. The normalized spacial score (nSPS) is 10.2. The standard InChI is InChI=1S/C19H19N5O2/c1-2-13-12-17(25)23-19(22-13)24-18(20)21-14-8-10-16(11-9-14)26-15-6-4-3-5-7-15/h3-12H,2H2,1H3,(H4,20,21,22,23,24,25). The lowest BCUT2D eigenvalue weighted by atomic mass is 10.3. The molecule has 4 N–H and O–H groups in total. The van der Waals surface area contributed by atoms with Gasteiger partial charge >= 0.3 is 0 Å². The molecular weight excluding hydrogens is 330 g/mol. The Morgan fingerprint density at radius 3 is 2.46 bits per heavy atom. The number of nitrogens with one attached hydrogen (secondary N) is 4. The fraction of sp³-hybridized carbons (Fsp3) is 0.105. The number of aromatic amines is 1. The molecule has 7 heteroatoms. The summed E-state index contributed by atoms with van der Waals surface area (Å²) >= 11 is 0. The van der Waals surface area contributed by atoms with Crippen LogP contribution in [0.2, 0.25) is 0 Å². The Labute approximate surface area is 150 Å². The molecule has 2 aromatic carbocycles. The predicted octanol–water partition coefficient (Wildman–Crippen LogP) is 3.58. The van der Waals surface area contributed by atoms with Gasteiger partial charge in [0.1, 0.15) is 11.5 Å². The van der Waals surface area contributed by atoms with Gasteiger partial charge in [-0.15, -0.1) is 0 Å². The molecule has 0 aliphatic heterocycles. The quantitative estimate of drug-likeness (QED) is 0.416. The molecule has 0 amide bonds. The van der Waals surface area contributed by atoms with E-state index in [1.165, 1.54) is 6.07 Å². The molecule has 0 atom stereocenters. The van der Waals surface area contributed by atoms with E-state index in [0.717, 1.165) is 11.4 Å². The van der Waals surface area contributed by atoms with Crippen LogP contribution in [0.5, 0.6) is 11.5 Å². The third-order valence-electron chi connectivity index (χ3n) is 3.53. The molecule has 1 aromatic heterocycles. The number of hydrogen-bond donors (Lipinski definition) is 4. The highest BCUT2D eigenvalue weighted by molar-refractivity contribution is 6.00. The minimum atomic E-state index is -0.349. The van der Waals surface area contributed by atoms with Crippen molar-refractivity contribution in [3.05, 3.63) is 76.7 Å². The first-order valence-electron chi connectivity index (χ1n) is 8.18. The number of para-hydroxylation sites is 1. The van der Waals surface area contributed by atoms with Crippen molar-refractivity contribution in [3.63, 3.8) is 0 Å². The van der Waals surface area contributed by atoms with Crippen LogP contribution in [0.4, 0.5) is 11.6 Å². The van der Waals surface area contributed by atoms with E-state index in [4.69, 9.17) is 10.1 Å². The van der Waals surface area contributed by atoms with Crippen LogP contribution < -0.4 is 20.9 Å². The Balaban J connectivity index is 1.61. The summed E-state index contributed by atoms with van der Waals surface area (Å²) in [5.74, 6) is 1.69. The maximum absolute atomic E-state index is 11.5. The largest absolute Gasteiger partial charge is 0.457 e. The first-order valence-corrected chi connectivity index (χ1v) is 8.18. The second kappa shape index (κ2) is 7.98. The Bertz CT molecular complexity index is 936. The molecule has 0 spiro atoms. The number of aryl methyl sites for hydroxylation is 1. The zero-order chi connectivity index (χ0) is 18.4. The van der Waals surface area contributed by atoms with Crippen LogP contribution in [0, 0.1) is 5.41 Å².